The molecule has 1 amide bonds. The van der Waals surface area contributed by atoms with Gasteiger partial charge >= 0.3 is 6.18 Å². The van der Waals surface area contributed by atoms with Crippen molar-refractivity contribution in [2.75, 3.05) is 31.1 Å². The van der Waals surface area contributed by atoms with E-state index in [4.69, 9.17) is 0 Å². The molecule has 1 rings (SSSR count). The molecule has 0 aromatic carbocycles. The average molecular weight is 319 g/mol. The van der Waals surface area contributed by atoms with E-state index < -0.39 is 18.6 Å². The van der Waals surface area contributed by atoms with Gasteiger partial charge in [-0.1, -0.05) is 6.08 Å². The Hall–Kier alpha value is -0.400. The van der Waals surface area contributed by atoms with Crippen LogP contribution in [0.15, 0.2) is 12.7 Å². The molecule has 1 saturated heterocycles. The van der Waals surface area contributed by atoms with Gasteiger partial charge in [0.1, 0.15) is 6.54 Å². The van der Waals surface area contributed by atoms with Crippen molar-refractivity contribution in [3.63, 3.8) is 0 Å². The molecule has 3 nitrogen and oxygen atoms in total. The summed E-state index contributed by atoms with van der Waals surface area (Å²) >= 11 is 1.71. The highest BCUT2D eigenvalue weighted by Gasteiger charge is 2.33. The van der Waals surface area contributed by atoms with Crippen molar-refractivity contribution in [3.05, 3.63) is 12.7 Å². The fourth-order valence-corrected chi connectivity index (χ4v) is 2.67. The number of halogens is 4. The third-order valence-electron chi connectivity index (χ3n) is 2.49. The van der Waals surface area contributed by atoms with Crippen LogP contribution in [0.25, 0.3) is 0 Å². The molecule has 0 aliphatic carbocycles. The van der Waals surface area contributed by atoms with Gasteiger partial charge in [-0.25, -0.2) is 0 Å². The summed E-state index contributed by atoms with van der Waals surface area (Å²) in [4.78, 5) is 12.6. The van der Waals surface area contributed by atoms with E-state index in [0.717, 1.165) is 23.0 Å². The van der Waals surface area contributed by atoms with E-state index in [2.05, 4.69) is 11.9 Å². The van der Waals surface area contributed by atoms with Gasteiger partial charge in [0.05, 0.1) is 0 Å². The Labute approximate surface area is 121 Å². The van der Waals surface area contributed by atoms with Crippen LogP contribution >= 0.6 is 24.2 Å². The fraction of sp³-hybridized carbons (Fsp3) is 0.727. The maximum atomic E-state index is 12.3. The molecule has 8 heteroatoms. The Morgan fingerprint density at radius 3 is 2.68 bits per heavy atom. The Kier molecular flexibility index (Phi) is 8.52. The molecule has 19 heavy (non-hydrogen) atoms. The maximum absolute atomic E-state index is 12.3. The largest absolute Gasteiger partial charge is 0.406 e. The summed E-state index contributed by atoms with van der Waals surface area (Å²) in [5.74, 6) is 1.26. The third-order valence-corrected chi connectivity index (χ3v) is 3.62. The smallest absolute Gasteiger partial charge is 0.330 e. The lowest BCUT2D eigenvalue weighted by atomic mass is 10.2. The van der Waals surface area contributed by atoms with Gasteiger partial charge in [0.15, 0.2) is 0 Å². The van der Waals surface area contributed by atoms with Gasteiger partial charge < -0.3 is 10.2 Å². The highest BCUT2D eigenvalue weighted by molar-refractivity contribution is 7.99. The third kappa shape index (κ3) is 7.69. The molecule has 0 aromatic rings. The van der Waals surface area contributed by atoms with E-state index in [1.807, 2.05) is 0 Å². The number of thioether (sulfide) groups is 1. The van der Waals surface area contributed by atoms with Gasteiger partial charge in [-0.3, -0.25) is 4.79 Å². The van der Waals surface area contributed by atoms with Crippen LogP contribution in [0.2, 0.25) is 0 Å². The standard InChI is InChI=1S/C11H17F3N2OS.ClH/c1-2-4-16(8-11(12,13)14)10(17)6-9-7-18-5-3-15-9;/h2,9,15H,1,3-8H2;1H. The zero-order chi connectivity index (χ0) is 13.6. The quantitative estimate of drug-likeness (QED) is 0.788. The summed E-state index contributed by atoms with van der Waals surface area (Å²) in [7, 11) is 0. The lowest BCUT2D eigenvalue weighted by molar-refractivity contribution is -0.160. The van der Waals surface area contributed by atoms with Gasteiger partial charge in [-0.15, -0.1) is 19.0 Å². The van der Waals surface area contributed by atoms with Gasteiger partial charge in [0, 0.05) is 37.1 Å². The lowest BCUT2D eigenvalue weighted by Crippen LogP contribution is -2.45. The van der Waals surface area contributed by atoms with E-state index in [0.29, 0.717) is 0 Å². The van der Waals surface area contributed by atoms with Crippen LogP contribution in [0.1, 0.15) is 6.42 Å². The predicted octanol–water partition coefficient (Wildman–Crippen LogP) is 2.08. The number of nitrogens with one attached hydrogen (secondary N) is 1. The van der Waals surface area contributed by atoms with Crippen molar-refractivity contribution in [2.45, 2.75) is 18.6 Å². The molecule has 1 fully saturated rings. The average Bonchev–Trinajstić information content (AvgIpc) is 2.28. The van der Waals surface area contributed by atoms with Crippen molar-refractivity contribution < 1.29 is 18.0 Å². The zero-order valence-corrected chi connectivity index (χ0v) is 12.0. The van der Waals surface area contributed by atoms with Crippen LogP contribution in [-0.4, -0.2) is 54.2 Å². The van der Waals surface area contributed by atoms with Crippen molar-refractivity contribution >= 4 is 30.1 Å². The molecule has 1 heterocycles. The Balaban J connectivity index is 0.00000324. The molecule has 1 unspecified atom stereocenters. The van der Waals surface area contributed by atoms with E-state index in [1.165, 1.54) is 6.08 Å². The molecule has 0 aromatic heterocycles. The Bertz CT molecular complexity index is 296. The van der Waals surface area contributed by atoms with Crippen molar-refractivity contribution in [2.24, 2.45) is 0 Å². The van der Waals surface area contributed by atoms with Crippen LogP contribution in [0.3, 0.4) is 0 Å². The summed E-state index contributed by atoms with van der Waals surface area (Å²) in [5.41, 5.74) is 0. The molecule has 1 N–H and O–H groups in total. The number of hydrogen-bond acceptors (Lipinski definition) is 3. The van der Waals surface area contributed by atoms with E-state index in [1.54, 1.807) is 11.8 Å². The number of carbonyl (C=O) groups is 1. The first-order chi connectivity index (χ1) is 8.42. The van der Waals surface area contributed by atoms with Gasteiger partial charge in [-0.05, 0) is 0 Å². The lowest BCUT2D eigenvalue weighted by Gasteiger charge is -2.27. The summed E-state index contributed by atoms with van der Waals surface area (Å²) < 4.78 is 37.0. The molecule has 1 aliphatic rings. The topological polar surface area (TPSA) is 32.3 Å². The Morgan fingerprint density at radius 1 is 1.53 bits per heavy atom. The van der Waals surface area contributed by atoms with Crippen LogP contribution in [0.5, 0.6) is 0 Å². The molecule has 0 radical (unpaired) electrons. The number of hydrogen-bond donors (Lipinski definition) is 1. The summed E-state index contributed by atoms with van der Waals surface area (Å²) in [5, 5.41) is 3.13. The van der Waals surface area contributed by atoms with Gasteiger partial charge in [-0.2, -0.15) is 24.9 Å². The van der Waals surface area contributed by atoms with Crippen LogP contribution in [0.4, 0.5) is 13.2 Å². The number of amides is 1. The molecule has 0 bridgehead atoms. The summed E-state index contributed by atoms with van der Waals surface area (Å²) in [6.07, 6.45) is -2.95. The first-order valence-corrected chi connectivity index (χ1v) is 6.84. The second kappa shape index (κ2) is 8.71. The highest BCUT2D eigenvalue weighted by atomic mass is 35.5. The normalized spacial score (nSPS) is 19.4. The monoisotopic (exact) mass is 318 g/mol. The van der Waals surface area contributed by atoms with Gasteiger partial charge in [0.2, 0.25) is 5.91 Å². The number of carbonyl (C=O) groups excluding carboxylic acids is 1. The highest BCUT2D eigenvalue weighted by Crippen LogP contribution is 2.18. The van der Waals surface area contributed by atoms with E-state index in [9.17, 15) is 18.0 Å². The summed E-state index contributed by atoms with van der Waals surface area (Å²) in [6.45, 7) is 2.89. The zero-order valence-electron chi connectivity index (χ0n) is 10.4. The van der Waals surface area contributed by atoms with Crippen LogP contribution < -0.4 is 5.32 Å². The number of rotatable bonds is 5. The molecule has 112 valence electrons. The molecule has 0 saturated carbocycles. The molecule has 1 aliphatic heterocycles. The Morgan fingerprint density at radius 2 is 2.21 bits per heavy atom. The first-order valence-electron chi connectivity index (χ1n) is 5.69. The minimum atomic E-state index is -4.37. The fourth-order valence-electron chi connectivity index (χ4n) is 1.72. The predicted molar refractivity (Wildman–Crippen MR) is 73.8 cm³/mol. The van der Waals surface area contributed by atoms with Crippen molar-refractivity contribution in [1.29, 1.82) is 0 Å². The van der Waals surface area contributed by atoms with Crippen LogP contribution in [0, 0.1) is 0 Å². The van der Waals surface area contributed by atoms with E-state index in [-0.39, 0.29) is 31.4 Å². The second-order valence-electron chi connectivity index (χ2n) is 4.11. The van der Waals surface area contributed by atoms with Crippen molar-refractivity contribution in [3.8, 4) is 0 Å². The van der Waals surface area contributed by atoms with Crippen molar-refractivity contribution in [1.82, 2.24) is 10.2 Å². The van der Waals surface area contributed by atoms with Crippen LogP contribution in [-0.2, 0) is 4.79 Å². The van der Waals surface area contributed by atoms with E-state index >= 15 is 0 Å². The molecular formula is C11H18ClF3N2OS. The summed E-state index contributed by atoms with van der Waals surface area (Å²) in [6, 6.07) is -0.0307. The maximum Gasteiger partial charge on any atom is 0.406 e. The first kappa shape index (κ1) is 18.6. The molecule has 1 atom stereocenters. The minimum absolute atomic E-state index is 0. The number of alkyl halides is 3. The molecular weight excluding hydrogens is 301 g/mol. The SMILES string of the molecule is C=CCN(CC(F)(F)F)C(=O)CC1CSCCN1.Cl. The van der Waals surface area contributed by atoms with Gasteiger partial charge in [0.25, 0.3) is 0 Å². The molecule has 0 spiro atoms. The minimum Gasteiger partial charge on any atom is -0.330 e. The second-order valence-corrected chi connectivity index (χ2v) is 5.26. The number of nitrogens with zero attached hydrogens (tertiary/aromatic N) is 1.